The Morgan fingerprint density at radius 2 is 1.83 bits per heavy atom. The summed E-state index contributed by atoms with van der Waals surface area (Å²) >= 11 is 1.53. The molecule has 0 fully saturated rings. The third kappa shape index (κ3) is 4.60. The SMILES string of the molecule is Cc1cccc2sc(N(Cc3ccncc3)C(=O)CCOc3ccccc3)nc12. The van der Waals surface area contributed by atoms with Crippen LogP contribution in [0.15, 0.2) is 73.1 Å². The van der Waals surface area contributed by atoms with E-state index in [2.05, 4.69) is 4.98 Å². The van der Waals surface area contributed by atoms with Gasteiger partial charge in [0.2, 0.25) is 5.91 Å². The van der Waals surface area contributed by atoms with Crippen molar-refractivity contribution in [1.82, 2.24) is 9.97 Å². The molecule has 0 aliphatic rings. The number of thiazole rings is 1. The largest absolute Gasteiger partial charge is 0.493 e. The lowest BCUT2D eigenvalue weighted by Gasteiger charge is -2.20. The van der Waals surface area contributed by atoms with Gasteiger partial charge < -0.3 is 4.74 Å². The molecular weight excluding hydrogens is 382 g/mol. The molecule has 0 N–H and O–H groups in total. The van der Waals surface area contributed by atoms with Crippen LogP contribution in [-0.2, 0) is 11.3 Å². The molecule has 1 amide bonds. The fourth-order valence-electron chi connectivity index (χ4n) is 3.03. The molecule has 5 nitrogen and oxygen atoms in total. The lowest BCUT2D eigenvalue weighted by Crippen LogP contribution is -2.31. The maximum absolute atomic E-state index is 13.1. The van der Waals surface area contributed by atoms with Gasteiger partial charge in [-0.25, -0.2) is 4.98 Å². The molecule has 0 aliphatic carbocycles. The molecule has 0 saturated heterocycles. The van der Waals surface area contributed by atoms with Crippen LogP contribution in [-0.4, -0.2) is 22.5 Å². The standard InChI is InChI=1S/C23H21N3O2S/c1-17-6-5-9-20-22(17)25-23(29-20)26(16-18-10-13-24-14-11-18)21(27)12-15-28-19-7-3-2-4-8-19/h2-11,13-14H,12,15-16H2,1H3. The summed E-state index contributed by atoms with van der Waals surface area (Å²) in [6, 6.07) is 19.5. The molecule has 2 aromatic carbocycles. The number of aromatic nitrogens is 2. The number of para-hydroxylation sites is 2. The Hall–Kier alpha value is -3.25. The highest BCUT2D eigenvalue weighted by atomic mass is 32.1. The maximum atomic E-state index is 13.1. The van der Waals surface area contributed by atoms with Crippen molar-refractivity contribution in [3.8, 4) is 5.75 Å². The monoisotopic (exact) mass is 403 g/mol. The van der Waals surface area contributed by atoms with Gasteiger partial charge in [-0.3, -0.25) is 14.7 Å². The summed E-state index contributed by atoms with van der Waals surface area (Å²) in [5, 5.41) is 0.704. The molecule has 0 bridgehead atoms. The number of pyridine rings is 1. The Morgan fingerprint density at radius 3 is 2.59 bits per heavy atom. The fraction of sp³-hybridized carbons (Fsp3) is 0.174. The number of benzene rings is 2. The summed E-state index contributed by atoms with van der Waals surface area (Å²) < 4.78 is 6.79. The average molecular weight is 404 g/mol. The summed E-state index contributed by atoms with van der Waals surface area (Å²) in [5.74, 6) is 0.742. The number of hydrogen-bond acceptors (Lipinski definition) is 5. The van der Waals surface area contributed by atoms with E-state index in [0.29, 0.717) is 18.3 Å². The highest BCUT2D eigenvalue weighted by molar-refractivity contribution is 7.22. The predicted molar refractivity (Wildman–Crippen MR) is 116 cm³/mol. The number of amides is 1. The summed E-state index contributed by atoms with van der Waals surface area (Å²) in [4.78, 5) is 23.7. The first-order chi connectivity index (χ1) is 14.2. The van der Waals surface area contributed by atoms with Crippen molar-refractivity contribution in [3.05, 3.63) is 84.2 Å². The zero-order valence-corrected chi connectivity index (χ0v) is 16.9. The van der Waals surface area contributed by atoms with E-state index in [1.54, 1.807) is 17.3 Å². The summed E-state index contributed by atoms with van der Waals surface area (Å²) in [7, 11) is 0. The lowest BCUT2D eigenvalue weighted by atomic mass is 10.2. The highest BCUT2D eigenvalue weighted by Crippen LogP contribution is 2.31. The third-order valence-electron chi connectivity index (χ3n) is 4.56. The zero-order valence-electron chi connectivity index (χ0n) is 16.1. The van der Waals surface area contributed by atoms with E-state index in [9.17, 15) is 4.79 Å². The van der Waals surface area contributed by atoms with Crippen molar-refractivity contribution >= 4 is 32.6 Å². The van der Waals surface area contributed by atoms with Crippen LogP contribution in [0.4, 0.5) is 5.13 Å². The van der Waals surface area contributed by atoms with Crippen LogP contribution >= 0.6 is 11.3 Å². The first-order valence-corrected chi connectivity index (χ1v) is 10.3. The van der Waals surface area contributed by atoms with E-state index in [1.165, 1.54) is 11.3 Å². The van der Waals surface area contributed by atoms with Crippen LogP contribution < -0.4 is 9.64 Å². The molecule has 6 heteroatoms. The second-order valence-corrected chi connectivity index (χ2v) is 7.67. The number of carbonyl (C=O) groups is 1. The van der Waals surface area contributed by atoms with Gasteiger partial charge in [-0.05, 0) is 48.4 Å². The fourth-order valence-corrected chi connectivity index (χ4v) is 4.09. The van der Waals surface area contributed by atoms with Crippen LogP contribution in [0.2, 0.25) is 0 Å². The minimum absolute atomic E-state index is 0.0190. The minimum atomic E-state index is -0.0190. The van der Waals surface area contributed by atoms with Gasteiger partial charge in [-0.1, -0.05) is 41.7 Å². The van der Waals surface area contributed by atoms with Gasteiger partial charge >= 0.3 is 0 Å². The quantitative estimate of drug-likeness (QED) is 0.436. The van der Waals surface area contributed by atoms with Crippen LogP contribution in [0.3, 0.4) is 0 Å². The van der Waals surface area contributed by atoms with E-state index in [4.69, 9.17) is 9.72 Å². The molecule has 0 saturated carbocycles. The summed E-state index contributed by atoms with van der Waals surface area (Å²) in [5.41, 5.74) is 3.06. The molecule has 4 rings (SSSR count). The molecule has 29 heavy (non-hydrogen) atoms. The highest BCUT2D eigenvalue weighted by Gasteiger charge is 2.20. The molecule has 2 aromatic heterocycles. The van der Waals surface area contributed by atoms with Crippen LogP contribution in [0.1, 0.15) is 17.5 Å². The zero-order chi connectivity index (χ0) is 20.1. The molecule has 0 spiro atoms. The van der Waals surface area contributed by atoms with E-state index >= 15 is 0 Å². The first-order valence-electron chi connectivity index (χ1n) is 9.44. The number of carbonyl (C=O) groups excluding carboxylic acids is 1. The number of rotatable bonds is 7. The molecular formula is C23H21N3O2S. The average Bonchev–Trinajstić information content (AvgIpc) is 3.19. The normalized spacial score (nSPS) is 10.8. The molecule has 4 aromatic rings. The number of anilines is 1. The van der Waals surface area contributed by atoms with Gasteiger partial charge in [0.1, 0.15) is 5.75 Å². The Morgan fingerprint density at radius 1 is 1.03 bits per heavy atom. The van der Waals surface area contributed by atoms with Gasteiger partial charge in [0.25, 0.3) is 0 Å². The molecule has 0 radical (unpaired) electrons. The van der Waals surface area contributed by atoms with Crippen LogP contribution in [0, 0.1) is 6.92 Å². The number of nitrogens with zero attached hydrogens (tertiary/aromatic N) is 3. The predicted octanol–water partition coefficient (Wildman–Crippen LogP) is 5.00. The Bertz CT molecular complexity index is 1100. The van der Waals surface area contributed by atoms with Gasteiger partial charge in [0, 0.05) is 12.4 Å². The molecule has 146 valence electrons. The second kappa shape index (κ2) is 8.84. The Kier molecular flexibility index (Phi) is 5.81. The van der Waals surface area contributed by atoms with Crippen molar-refractivity contribution < 1.29 is 9.53 Å². The molecule has 2 heterocycles. The number of ether oxygens (including phenoxy) is 1. The molecule has 0 aliphatic heterocycles. The number of aryl methyl sites for hydroxylation is 1. The molecule has 0 atom stereocenters. The van der Waals surface area contributed by atoms with Crippen LogP contribution in [0.5, 0.6) is 5.75 Å². The Labute approximate surface area is 173 Å². The van der Waals surface area contributed by atoms with Gasteiger partial charge in [-0.15, -0.1) is 0 Å². The number of fused-ring (bicyclic) bond motifs is 1. The maximum Gasteiger partial charge on any atom is 0.232 e. The van der Waals surface area contributed by atoms with Crippen molar-refractivity contribution in [3.63, 3.8) is 0 Å². The third-order valence-corrected chi connectivity index (χ3v) is 5.60. The van der Waals surface area contributed by atoms with E-state index in [0.717, 1.165) is 27.1 Å². The van der Waals surface area contributed by atoms with E-state index < -0.39 is 0 Å². The van der Waals surface area contributed by atoms with Gasteiger partial charge in [-0.2, -0.15) is 0 Å². The van der Waals surface area contributed by atoms with Gasteiger partial charge in [0.05, 0.1) is 29.8 Å². The summed E-state index contributed by atoms with van der Waals surface area (Å²) in [6.45, 7) is 2.81. The van der Waals surface area contributed by atoms with Crippen molar-refractivity contribution in [2.75, 3.05) is 11.5 Å². The van der Waals surface area contributed by atoms with E-state index in [-0.39, 0.29) is 12.3 Å². The van der Waals surface area contributed by atoms with Crippen molar-refractivity contribution in [2.45, 2.75) is 19.9 Å². The lowest BCUT2D eigenvalue weighted by molar-refractivity contribution is -0.119. The summed E-state index contributed by atoms with van der Waals surface area (Å²) in [6.07, 6.45) is 3.74. The van der Waals surface area contributed by atoms with E-state index in [1.807, 2.05) is 67.6 Å². The smallest absolute Gasteiger partial charge is 0.232 e. The first kappa shape index (κ1) is 19.1. The van der Waals surface area contributed by atoms with Gasteiger partial charge in [0.15, 0.2) is 5.13 Å². The minimum Gasteiger partial charge on any atom is -0.493 e. The molecule has 0 unspecified atom stereocenters. The van der Waals surface area contributed by atoms with Crippen LogP contribution in [0.25, 0.3) is 10.2 Å². The Balaban J connectivity index is 1.55. The topological polar surface area (TPSA) is 55.3 Å². The van der Waals surface area contributed by atoms with Crippen molar-refractivity contribution in [2.24, 2.45) is 0 Å². The van der Waals surface area contributed by atoms with Crippen molar-refractivity contribution in [1.29, 1.82) is 0 Å². The number of hydrogen-bond donors (Lipinski definition) is 0. The second-order valence-electron chi connectivity index (χ2n) is 6.66.